The number of aliphatic hydroxyl groups is 1. The minimum absolute atomic E-state index is 0.00316. The third kappa shape index (κ3) is 3.39. The second-order valence-corrected chi connectivity index (χ2v) is 12.3. The predicted octanol–water partition coefficient (Wildman–Crippen LogP) is 3.92. The van der Waals surface area contributed by atoms with Crippen LogP contribution in [-0.2, 0) is 14.8 Å². The van der Waals surface area contributed by atoms with Gasteiger partial charge in [0.25, 0.3) is 15.9 Å². The zero-order valence-corrected chi connectivity index (χ0v) is 20.5. The first kappa shape index (κ1) is 21.2. The number of carbonyl (C=O) groups excluding carboxylic acids is 1. The minimum atomic E-state index is -3.98. The molecule has 4 atom stereocenters. The number of anilines is 1. The molecule has 2 fully saturated rings. The van der Waals surface area contributed by atoms with Crippen LogP contribution < -0.4 is 5.32 Å². The molecule has 1 amide bonds. The molecule has 2 saturated carbocycles. The smallest absolute Gasteiger partial charge is 0.286 e. The molecule has 9 heteroatoms. The van der Waals surface area contributed by atoms with Crippen LogP contribution in [0, 0.1) is 27.2 Å². The minimum Gasteiger partial charge on any atom is -0.511 e. The van der Waals surface area contributed by atoms with E-state index in [0.717, 1.165) is 29.3 Å². The zero-order valence-electron chi connectivity index (χ0n) is 17.5. The Bertz CT molecular complexity index is 1130. The fourth-order valence-electron chi connectivity index (χ4n) is 5.76. The number of rotatable bonds is 4. The molecule has 1 unspecified atom stereocenters. The molecule has 31 heavy (non-hydrogen) atoms. The van der Waals surface area contributed by atoms with Gasteiger partial charge in [0.05, 0.1) is 5.69 Å². The molecule has 1 aromatic carbocycles. The van der Waals surface area contributed by atoms with E-state index >= 15 is 0 Å². The largest absolute Gasteiger partial charge is 0.511 e. The molecule has 0 aromatic heterocycles. The number of amidine groups is 1. The lowest BCUT2D eigenvalue weighted by Gasteiger charge is -2.44. The molecule has 2 bridgehead atoms. The quantitative estimate of drug-likeness (QED) is 0.549. The van der Waals surface area contributed by atoms with Crippen LogP contribution in [-0.4, -0.2) is 42.8 Å². The van der Waals surface area contributed by atoms with Gasteiger partial charge in [-0.15, -0.1) is 4.40 Å². The van der Waals surface area contributed by atoms with E-state index in [2.05, 4.69) is 46.2 Å². The van der Waals surface area contributed by atoms with Crippen LogP contribution >= 0.6 is 22.6 Å². The summed E-state index contributed by atoms with van der Waals surface area (Å²) in [5.74, 6) is 0.668. The molecule has 5 rings (SSSR count). The molecule has 2 aliphatic heterocycles. The molecule has 0 saturated heterocycles. The number of hydrogen-bond acceptors (Lipinski definition) is 5. The van der Waals surface area contributed by atoms with Crippen molar-refractivity contribution in [1.29, 1.82) is 0 Å². The van der Waals surface area contributed by atoms with Gasteiger partial charge in [-0.25, -0.2) is 0 Å². The highest BCUT2D eigenvalue weighted by Gasteiger charge is 2.57. The first-order valence-corrected chi connectivity index (χ1v) is 13.3. The molecule has 166 valence electrons. The van der Waals surface area contributed by atoms with Crippen molar-refractivity contribution >= 4 is 50.0 Å². The number of halogens is 1. The third-order valence-electron chi connectivity index (χ3n) is 7.15. The molecule has 0 radical (unpaired) electrons. The second kappa shape index (κ2) is 7.47. The van der Waals surface area contributed by atoms with Gasteiger partial charge in [-0.3, -0.25) is 4.79 Å². The monoisotopic (exact) mass is 555 g/mol. The third-order valence-corrected chi connectivity index (χ3v) is 9.14. The summed E-state index contributed by atoms with van der Waals surface area (Å²) in [4.78, 5) is 15.6. The van der Waals surface area contributed by atoms with Gasteiger partial charge >= 0.3 is 0 Å². The van der Waals surface area contributed by atoms with Crippen LogP contribution in [0.2, 0.25) is 0 Å². The number of amides is 1. The maximum absolute atomic E-state index is 13.6. The average Bonchev–Trinajstić information content (AvgIpc) is 3.30. The second-order valence-electron chi connectivity index (χ2n) is 9.47. The van der Waals surface area contributed by atoms with Crippen molar-refractivity contribution in [3.05, 3.63) is 33.1 Å². The Hall–Kier alpha value is -1.62. The summed E-state index contributed by atoms with van der Waals surface area (Å²) >= 11 is 2.05. The van der Waals surface area contributed by atoms with E-state index in [1.165, 1.54) is 0 Å². The van der Waals surface area contributed by atoms with Gasteiger partial charge < -0.3 is 15.3 Å². The lowest BCUT2D eigenvalue weighted by molar-refractivity contribution is -0.133. The van der Waals surface area contributed by atoms with E-state index in [9.17, 15) is 18.3 Å². The summed E-state index contributed by atoms with van der Waals surface area (Å²) in [5.41, 5.74) is 0.396. The Morgan fingerprint density at radius 1 is 1.29 bits per heavy atom. The van der Waals surface area contributed by atoms with E-state index in [1.54, 1.807) is 18.2 Å². The fourth-order valence-corrected chi connectivity index (χ4v) is 7.61. The van der Waals surface area contributed by atoms with Crippen molar-refractivity contribution in [3.8, 4) is 0 Å². The molecule has 2 aliphatic carbocycles. The maximum Gasteiger partial charge on any atom is 0.286 e. The van der Waals surface area contributed by atoms with Crippen molar-refractivity contribution in [2.24, 2.45) is 28.1 Å². The van der Waals surface area contributed by atoms with Crippen molar-refractivity contribution in [2.75, 3.05) is 11.9 Å². The number of hydrogen-bond donors (Lipinski definition) is 2. The number of nitrogens with one attached hydrogen (secondary N) is 1. The first-order chi connectivity index (χ1) is 14.7. The van der Waals surface area contributed by atoms with E-state index in [-0.39, 0.29) is 39.9 Å². The molecule has 1 aromatic rings. The number of carbonyl (C=O) groups is 1. The van der Waals surface area contributed by atoms with Crippen molar-refractivity contribution < 1.29 is 18.3 Å². The SMILES string of the molecule is CC(C)CCN1C(=O)C(C2=NS(=O)(=O)c3cc(I)ccc3N2)=C(O)[C@H]2C1[C@@H]1CC[C@H]2C1. The van der Waals surface area contributed by atoms with Gasteiger partial charge in [0.1, 0.15) is 16.2 Å². The summed E-state index contributed by atoms with van der Waals surface area (Å²) < 4.78 is 30.5. The Kier molecular flexibility index (Phi) is 5.12. The van der Waals surface area contributed by atoms with Gasteiger partial charge in [0.15, 0.2) is 5.84 Å². The average molecular weight is 555 g/mol. The van der Waals surface area contributed by atoms with Gasteiger partial charge in [0.2, 0.25) is 0 Å². The number of fused-ring (bicyclic) bond motifs is 6. The highest BCUT2D eigenvalue weighted by atomic mass is 127. The van der Waals surface area contributed by atoms with Crippen LogP contribution in [0.5, 0.6) is 0 Å². The van der Waals surface area contributed by atoms with Gasteiger partial charge in [-0.1, -0.05) is 13.8 Å². The van der Waals surface area contributed by atoms with E-state index in [0.29, 0.717) is 30.0 Å². The number of nitrogens with zero attached hydrogens (tertiary/aromatic N) is 2. The van der Waals surface area contributed by atoms with Gasteiger partial charge in [0, 0.05) is 22.1 Å². The van der Waals surface area contributed by atoms with Crippen LogP contribution in [0.4, 0.5) is 5.69 Å². The molecule has 2 heterocycles. The summed E-state index contributed by atoms with van der Waals surface area (Å²) in [6.07, 6.45) is 3.99. The lowest BCUT2D eigenvalue weighted by Crippen LogP contribution is -2.54. The summed E-state index contributed by atoms with van der Waals surface area (Å²) in [6, 6.07) is 5.02. The van der Waals surface area contributed by atoms with E-state index < -0.39 is 10.0 Å². The summed E-state index contributed by atoms with van der Waals surface area (Å²) in [6.45, 7) is 4.85. The highest BCUT2D eigenvalue weighted by Crippen LogP contribution is 2.55. The van der Waals surface area contributed by atoms with Crippen LogP contribution in [0.25, 0.3) is 0 Å². The normalized spacial score (nSPS) is 30.9. The number of aliphatic hydroxyl groups excluding tert-OH is 1. The summed E-state index contributed by atoms with van der Waals surface area (Å²) in [7, 11) is -3.98. The van der Waals surface area contributed by atoms with Gasteiger partial charge in [-0.2, -0.15) is 8.42 Å². The molecule has 2 N–H and O–H groups in total. The zero-order chi connectivity index (χ0) is 22.1. The standard InChI is InChI=1S/C22H26IN3O4S/c1-11(2)7-8-26-19-13-4-3-12(9-13)17(19)20(27)18(22(26)28)21-24-15-6-5-14(23)10-16(15)31(29,30)25-21/h5-6,10-13,17,19,27H,3-4,7-9H2,1-2H3,(H,24,25)/t12-,13+,17+,19?/m0/s1. The maximum atomic E-state index is 13.6. The van der Waals surface area contributed by atoms with Crippen LogP contribution in [0.15, 0.2) is 38.8 Å². The van der Waals surface area contributed by atoms with E-state index in [1.807, 2.05) is 4.90 Å². The topological polar surface area (TPSA) is 99.1 Å². The Balaban J connectivity index is 1.60. The number of sulfonamides is 1. The van der Waals surface area contributed by atoms with Gasteiger partial charge in [-0.05, 0) is 84.2 Å². The summed E-state index contributed by atoms with van der Waals surface area (Å²) in [5, 5.41) is 14.3. The predicted molar refractivity (Wildman–Crippen MR) is 126 cm³/mol. The van der Waals surface area contributed by atoms with E-state index in [4.69, 9.17) is 0 Å². The van der Waals surface area contributed by atoms with Crippen LogP contribution in [0.3, 0.4) is 0 Å². The van der Waals surface area contributed by atoms with Crippen molar-refractivity contribution in [1.82, 2.24) is 4.90 Å². The molecular weight excluding hydrogens is 529 g/mol. The highest BCUT2D eigenvalue weighted by molar-refractivity contribution is 14.1. The van der Waals surface area contributed by atoms with Crippen molar-refractivity contribution in [2.45, 2.75) is 50.5 Å². The first-order valence-electron chi connectivity index (χ1n) is 10.8. The molecule has 4 aliphatic rings. The lowest BCUT2D eigenvalue weighted by atomic mass is 9.77. The molecule has 7 nitrogen and oxygen atoms in total. The van der Waals surface area contributed by atoms with Crippen LogP contribution in [0.1, 0.15) is 39.5 Å². The Morgan fingerprint density at radius 3 is 2.77 bits per heavy atom. The molecular formula is C22H26IN3O4S. The Labute approximate surface area is 196 Å². The Morgan fingerprint density at radius 2 is 2.03 bits per heavy atom. The number of benzene rings is 1. The molecule has 0 spiro atoms. The fraction of sp³-hybridized carbons (Fsp3) is 0.545. The van der Waals surface area contributed by atoms with Crippen molar-refractivity contribution in [3.63, 3.8) is 0 Å².